The number of carbonyl (C=O) groups is 2. The number of carbonyl (C=O) groups excluding carboxylic acids is 1. The number of hydrogen-bond acceptors (Lipinski definition) is 3. The van der Waals surface area contributed by atoms with E-state index in [1.165, 1.54) is 25.2 Å². The highest BCUT2D eigenvalue weighted by Crippen LogP contribution is 2.25. The summed E-state index contributed by atoms with van der Waals surface area (Å²) in [6, 6.07) is 2.93. The van der Waals surface area contributed by atoms with Crippen LogP contribution >= 0.6 is 15.9 Å². The zero-order valence-corrected chi connectivity index (χ0v) is 12.7. The lowest BCUT2D eigenvalue weighted by Crippen LogP contribution is -2.44. The maximum Gasteiger partial charge on any atom is 0.326 e. The van der Waals surface area contributed by atoms with E-state index in [9.17, 15) is 14.0 Å². The average molecular weight is 348 g/mol. The van der Waals surface area contributed by atoms with E-state index in [-0.39, 0.29) is 6.61 Å². The van der Waals surface area contributed by atoms with Gasteiger partial charge in [-0.05, 0) is 40.5 Å². The van der Waals surface area contributed by atoms with Crippen LogP contribution in [0.3, 0.4) is 0 Å². The highest BCUT2D eigenvalue weighted by atomic mass is 79.9. The Kier molecular flexibility index (Phi) is 5.94. The number of hydrogen-bond donors (Lipinski definition) is 1. The second-order valence-corrected chi connectivity index (χ2v) is 4.98. The molecule has 0 fully saturated rings. The second kappa shape index (κ2) is 7.23. The predicted octanol–water partition coefficient (Wildman–Crippen LogP) is 2.29. The van der Waals surface area contributed by atoms with E-state index in [0.29, 0.717) is 16.6 Å². The summed E-state index contributed by atoms with van der Waals surface area (Å²) in [6.45, 7) is 1.37. The van der Waals surface area contributed by atoms with Crippen molar-refractivity contribution < 1.29 is 23.8 Å². The fourth-order valence-electron chi connectivity index (χ4n) is 1.62. The van der Waals surface area contributed by atoms with Crippen molar-refractivity contribution in [2.75, 3.05) is 13.7 Å². The lowest BCUT2D eigenvalue weighted by atomic mass is 10.2. The summed E-state index contributed by atoms with van der Waals surface area (Å²) in [6.07, 6.45) is 0.303. The van der Waals surface area contributed by atoms with E-state index >= 15 is 0 Å². The third kappa shape index (κ3) is 4.19. The van der Waals surface area contributed by atoms with Crippen LogP contribution in [0, 0.1) is 5.82 Å². The number of carboxylic acid groups (broad SMARTS) is 1. The summed E-state index contributed by atoms with van der Waals surface area (Å²) in [7, 11) is 1.41. The van der Waals surface area contributed by atoms with Crippen molar-refractivity contribution in [3.63, 3.8) is 0 Å². The van der Waals surface area contributed by atoms with E-state index in [2.05, 4.69) is 15.9 Å². The Labute approximate surface area is 124 Å². The van der Waals surface area contributed by atoms with Gasteiger partial charge in [0.15, 0.2) is 6.61 Å². The zero-order valence-electron chi connectivity index (χ0n) is 11.1. The van der Waals surface area contributed by atoms with Crippen LogP contribution in [-0.2, 0) is 9.59 Å². The third-order valence-electron chi connectivity index (χ3n) is 2.78. The molecule has 1 aromatic carbocycles. The third-order valence-corrected chi connectivity index (χ3v) is 3.40. The van der Waals surface area contributed by atoms with Gasteiger partial charge in [0.05, 0.1) is 4.47 Å². The highest BCUT2D eigenvalue weighted by molar-refractivity contribution is 9.10. The van der Waals surface area contributed by atoms with Crippen molar-refractivity contribution in [2.24, 2.45) is 0 Å². The largest absolute Gasteiger partial charge is 0.483 e. The molecule has 1 rings (SSSR count). The van der Waals surface area contributed by atoms with Crippen LogP contribution in [-0.4, -0.2) is 41.6 Å². The van der Waals surface area contributed by atoms with E-state index in [4.69, 9.17) is 9.84 Å². The molecule has 0 aliphatic rings. The molecule has 1 aromatic rings. The van der Waals surface area contributed by atoms with Gasteiger partial charge in [-0.2, -0.15) is 0 Å². The predicted molar refractivity (Wildman–Crippen MR) is 74.1 cm³/mol. The molecule has 1 amide bonds. The molecule has 0 radical (unpaired) electrons. The van der Waals surface area contributed by atoms with Crippen molar-refractivity contribution in [1.82, 2.24) is 4.90 Å². The molecule has 1 N–H and O–H groups in total. The molecule has 0 spiro atoms. The number of aliphatic carboxylic acids is 1. The van der Waals surface area contributed by atoms with Gasteiger partial charge in [0, 0.05) is 7.05 Å². The second-order valence-electron chi connectivity index (χ2n) is 4.13. The van der Waals surface area contributed by atoms with Crippen molar-refractivity contribution in [1.29, 1.82) is 0 Å². The molecule has 0 aromatic heterocycles. The zero-order chi connectivity index (χ0) is 15.3. The monoisotopic (exact) mass is 347 g/mol. The van der Waals surface area contributed by atoms with Crippen molar-refractivity contribution >= 4 is 27.8 Å². The minimum atomic E-state index is -1.06. The summed E-state index contributed by atoms with van der Waals surface area (Å²) in [5.41, 5.74) is 0. The van der Waals surface area contributed by atoms with Gasteiger partial charge in [0.25, 0.3) is 5.91 Å². The summed E-state index contributed by atoms with van der Waals surface area (Å²) >= 11 is 3.12. The van der Waals surface area contributed by atoms with Crippen LogP contribution in [0.2, 0.25) is 0 Å². The molecule has 5 nitrogen and oxygen atoms in total. The Bertz CT molecular complexity index is 509. The van der Waals surface area contributed by atoms with Crippen LogP contribution in [0.15, 0.2) is 22.7 Å². The van der Waals surface area contributed by atoms with Crippen LogP contribution < -0.4 is 4.74 Å². The minimum Gasteiger partial charge on any atom is -0.483 e. The molecule has 0 heterocycles. The number of amides is 1. The molecule has 0 aliphatic heterocycles. The van der Waals surface area contributed by atoms with Crippen molar-refractivity contribution in [2.45, 2.75) is 19.4 Å². The van der Waals surface area contributed by atoms with Crippen LogP contribution in [0.1, 0.15) is 13.3 Å². The summed E-state index contributed by atoms with van der Waals surface area (Å²) < 4.78 is 18.5. The Balaban J connectivity index is 2.65. The average Bonchev–Trinajstić information content (AvgIpc) is 2.37. The molecule has 0 bridgehead atoms. The summed E-state index contributed by atoms with van der Waals surface area (Å²) in [4.78, 5) is 23.9. The number of benzene rings is 1. The highest BCUT2D eigenvalue weighted by Gasteiger charge is 2.24. The first kappa shape index (κ1) is 16.4. The quantitative estimate of drug-likeness (QED) is 0.857. The first-order valence-electron chi connectivity index (χ1n) is 5.93. The van der Waals surface area contributed by atoms with E-state index < -0.39 is 23.7 Å². The molecule has 7 heteroatoms. The van der Waals surface area contributed by atoms with Gasteiger partial charge < -0.3 is 14.7 Å². The smallest absolute Gasteiger partial charge is 0.326 e. The summed E-state index contributed by atoms with van der Waals surface area (Å²) in [5.74, 6) is -1.64. The molecule has 1 unspecified atom stereocenters. The number of ether oxygens (including phenoxy) is 1. The Morgan fingerprint density at radius 1 is 1.50 bits per heavy atom. The van der Waals surface area contributed by atoms with Crippen LogP contribution in [0.5, 0.6) is 5.75 Å². The molecular weight excluding hydrogens is 333 g/mol. The first-order chi connectivity index (χ1) is 9.36. The Hall–Kier alpha value is -1.63. The fraction of sp³-hybridized carbons (Fsp3) is 0.385. The standard InChI is InChI=1S/C13H15BrFNO4/c1-3-10(13(18)19)16(2)12(17)7-20-11-5-4-8(15)6-9(11)14/h4-6,10H,3,7H2,1-2H3,(H,18,19). The van der Waals surface area contributed by atoms with Gasteiger partial charge in [-0.1, -0.05) is 6.92 Å². The number of rotatable bonds is 6. The fourth-order valence-corrected chi connectivity index (χ4v) is 2.09. The van der Waals surface area contributed by atoms with Gasteiger partial charge in [-0.15, -0.1) is 0 Å². The van der Waals surface area contributed by atoms with Crippen LogP contribution in [0.25, 0.3) is 0 Å². The molecular formula is C13H15BrFNO4. The Morgan fingerprint density at radius 3 is 2.65 bits per heavy atom. The SMILES string of the molecule is CCC(C(=O)O)N(C)C(=O)COc1ccc(F)cc1Br. The van der Waals surface area contributed by atoms with E-state index in [1.54, 1.807) is 6.92 Å². The number of carboxylic acids is 1. The molecule has 0 saturated heterocycles. The van der Waals surface area contributed by atoms with E-state index in [0.717, 1.165) is 4.90 Å². The number of likely N-dealkylation sites (N-methyl/N-ethyl adjacent to an activating group) is 1. The van der Waals surface area contributed by atoms with Gasteiger partial charge >= 0.3 is 5.97 Å². The Morgan fingerprint density at radius 2 is 2.15 bits per heavy atom. The lowest BCUT2D eigenvalue weighted by Gasteiger charge is -2.23. The maximum atomic E-state index is 12.9. The van der Waals surface area contributed by atoms with Crippen molar-refractivity contribution in [3.05, 3.63) is 28.5 Å². The molecule has 0 saturated carbocycles. The minimum absolute atomic E-state index is 0.303. The number of halogens is 2. The lowest BCUT2D eigenvalue weighted by molar-refractivity contribution is -0.149. The van der Waals surface area contributed by atoms with Crippen LogP contribution in [0.4, 0.5) is 4.39 Å². The molecule has 110 valence electrons. The van der Waals surface area contributed by atoms with Gasteiger partial charge in [-0.3, -0.25) is 4.79 Å². The first-order valence-corrected chi connectivity index (χ1v) is 6.72. The number of nitrogens with zero attached hydrogens (tertiary/aromatic N) is 1. The molecule has 1 atom stereocenters. The molecule has 0 aliphatic carbocycles. The summed E-state index contributed by atoms with van der Waals surface area (Å²) in [5, 5.41) is 8.97. The van der Waals surface area contributed by atoms with Gasteiger partial charge in [0.1, 0.15) is 17.6 Å². The molecule has 20 heavy (non-hydrogen) atoms. The van der Waals surface area contributed by atoms with Gasteiger partial charge in [-0.25, -0.2) is 9.18 Å². The van der Waals surface area contributed by atoms with Gasteiger partial charge in [0.2, 0.25) is 0 Å². The topological polar surface area (TPSA) is 66.8 Å². The maximum absolute atomic E-state index is 12.9. The van der Waals surface area contributed by atoms with E-state index in [1.807, 2.05) is 0 Å². The normalized spacial score (nSPS) is 11.8. The van der Waals surface area contributed by atoms with Crippen molar-refractivity contribution in [3.8, 4) is 5.75 Å².